The zero-order valence-electron chi connectivity index (χ0n) is 12.2. The summed E-state index contributed by atoms with van der Waals surface area (Å²) in [6.45, 7) is 3.55. The van der Waals surface area contributed by atoms with Crippen molar-refractivity contribution in [3.8, 4) is 11.3 Å². The molecule has 3 rings (SSSR count). The molecule has 0 aliphatic rings. The zero-order valence-corrected chi connectivity index (χ0v) is 12.2. The van der Waals surface area contributed by atoms with E-state index in [9.17, 15) is 4.79 Å². The van der Waals surface area contributed by atoms with E-state index in [2.05, 4.69) is 30.7 Å². The molecule has 0 atom stereocenters. The van der Waals surface area contributed by atoms with Crippen LogP contribution in [0.4, 0.5) is 5.95 Å². The lowest BCUT2D eigenvalue weighted by molar-refractivity contribution is 0.102. The Labute approximate surface area is 126 Å². The van der Waals surface area contributed by atoms with E-state index in [0.717, 1.165) is 17.0 Å². The van der Waals surface area contributed by atoms with Crippen LogP contribution >= 0.6 is 0 Å². The van der Waals surface area contributed by atoms with E-state index in [0.29, 0.717) is 5.69 Å². The Morgan fingerprint density at radius 1 is 1.09 bits per heavy atom. The molecular weight excluding hydrogens is 280 g/mol. The summed E-state index contributed by atoms with van der Waals surface area (Å²) in [5.74, 6) is -0.151. The van der Waals surface area contributed by atoms with Crippen LogP contribution in [-0.2, 0) is 0 Å². The van der Waals surface area contributed by atoms with Crippen molar-refractivity contribution in [2.24, 2.45) is 0 Å². The van der Waals surface area contributed by atoms with Crippen molar-refractivity contribution in [2.45, 2.75) is 13.8 Å². The minimum Gasteiger partial charge on any atom is -0.289 e. The molecule has 0 spiro atoms. The maximum Gasteiger partial charge on any atom is 0.280 e. The van der Waals surface area contributed by atoms with Gasteiger partial charge in [-0.3, -0.25) is 10.1 Å². The Hall–Kier alpha value is -3.09. The Bertz CT molecular complexity index is 812. The summed E-state index contributed by atoms with van der Waals surface area (Å²) < 4.78 is 0. The first kappa shape index (κ1) is 13.9. The molecule has 110 valence electrons. The topological polar surface area (TPSA) is 96.5 Å². The molecule has 3 aromatic rings. The van der Waals surface area contributed by atoms with Crippen molar-refractivity contribution < 1.29 is 4.79 Å². The summed E-state index contributed by atoms with van der Waals surface area (Å²) in [5.41, 5.74) is 3.22. The molecule has 0 aliphatic heterocycles. The van der Waals surface area contributed by atoms with Crippen LogP contribution in [0.2, 0.25) is 0 Å². The number of hydrogen-bond donors (Lipinski definition) is 2. The first-order chi connectivity index (χ1) is 10.6. The van der Waals surface area contributed by atoms with E-state index >= 15 is 0 Å². The fraction of sp³-hybridized carbons (Fsp3) is 0.133. The van der Waals surface area contributed by atoms with E-state index in [1.165, 1.54) is 0 Å². The summed E-state index contributed by atoms with van der Waals surface area (Å²) in [5, 5.41) is 12.7. The largest absolute Gasteiger partial charge is 0.289 e. The molecule has 2 aromatic heterocycles. The Balaban J connectivity index is 1.90. The quantitative estimate of drug-likeness (QED) is 0.771. The van der Waals surface area contributed by atoms with Crippen molar-refractivity contribution in [2.75, 3.05) is 5.32 Å². The van der Waals surface area contributed by atoms with Crippen LogP contribution in [0.3, 0.4) is 0 Å². The fourth-order valence-corrected chi connectivity index (χ4v) is 2.04. The van der Waals surface area contributed by atoms with Gasteiger partial charge in [-0.25, -0.2) is 9.97 Å². The zero-order chi connectivity index (χ0) is 15.5. The van der Waals surface area contributed by atoms with Crippen LogP contribution in [0, 0.1) is 13.8 Å². The van der Waals surface area contributed by atoms with Gasteiger partial charge >= 0.3 is 0 Å². The number of rotatable bonds is 3. The normalized spacial score (nSPS) is 10.5. The molecule has 2 N–H and O–H groups in total. The number of benzene rings is 1. The molecule has 0 saturated carbocycles. The van der Waals surface area contributed by atoms with Gasteiger partial charge in [-0.05, 0) is 19.9 Å². The predicted molar refractivity (Wildman–Crippen MR) is 81.3 cm³/mol. The third-order valence-electron chi connectivity index (χ3n) is 3.09. The van der Waals surface area contributed by atoms with Crippen LogP contribution in [-0.4, -0.2) is 31.3 Å². The smallest absolute Gasteiger partial charge is 0.280 e. The fourth-order valence-electron chi connectivity index (χ4n) is 2.04. The first-order valence-corrected chi connectivity index (χ1v) is 6.73. The monoisotopic (exact) mass is 294 g/mol. The number of H-pyrrole nitrogens is 1. The second-order valence-corrected chi connectivity index (χ2v) is 4.80. The van der Waals surface area contributed by atoms with E-state index in [1.54, 1.807) is 6.92 Å². The van der Waals surface area contributed by atoms with E-state index < -0.39 is 5.91 Å². The van der Waals surface area contributed by atoms with Gasteiger partial charge in [0, 0.05) is 11.3 Å². The molecule has 22 heavy (non-hydrogen) atoms. The van der Waals surface area contributed by atoms with E-state index in [1.807, 2.05) is 43.3 Å². The Morgan fingerprint density at radius 3 is 2.55 bits per heavy atom. The van der Waals surface area contributed by atoms with Gasteiger partial charge in [0.2, 0.25) is 5.95 Å². The summed E-state index contributed by atoms with van der Waals surface area (Å²) in [6, 6.07) is 11.6. The predicted octanol–water partition coefficient (Wildman–Crippen LogP) is 2.13. The number of aromatic amines is 1. The molecule has 0 fully saturated rings. The number of aromatic nitrogens is 5. The minimum atomic E-state index is -0.393. The highest BCUT2D eigenvalue weighted by atomic mass is 16.2. The second kappa shape index (κ2) is 5.72. The summed E-state index contributed by atoms with van der Waals surface area (Å²) in [4.78, 5) is 20.8. The number of anilines is 1. The highest BCUT2D eigenvalue weighted by Gasteiger charge is 2.15. The Kier molecular flexibility index (Phi) is 3.61. The number of aryl methyl sites for hydroxylation is 2. The molecular formula is C15H14N6O. The van der Waals surface area contributed by atoms with Crippen molar-refractivity contribution in [3.05, 3.63) is 53.5 Å². The Morgan fingerprint density at radius 2 is 1.86 bits per heavy atom. The maximum absolute atomic E-state index is 12.1. The van der Waals surface area contributed by atoms with Gasteiger partial charge < -0.3 is 0 Å². The van der Waals surface area contributed by atoms with Crippen LogP contribution in [0.1, 0.15) is 21.9 Å². The molecule has 2 heterocycles. The van der Waals surface area contributed by atoms with Gasteiger partial charge in [0.1, 0.15) is 0 Å². The van der Waals surface area contributed by atoms with Crippen LogP contribution in [0.15, 0.2) is 36.4 Å². The van der Waals surface area contributed by atoms with Gasteiger partial charge in [0.15, 0.2) is 5.69 Å². The SMILES string of the molecule is Cc1cc(-c2ccccc2)nc(NC(=O)c2n[nH]nc2C)n1. The van der Waals surface area contributed by atoms with Crippen LogP contribution in [0.5, 0.6) is 0 Å². The van der Waals surface area contributed by atoms with Gasteiger partial charge in [-0.15, -0.1) is 0 Å². The summed E-state index contributed by atoms with van der Waals surface area (Å²) in [6.07, 6.45) is 0. The average molecular weight is 294 g/mol. The van der Waals surface area contributed by atoms with E-state index in [-0.39, 0.29) is 11.6 Å². The number of carbonyl (C=O) groups is 1. The van der Waals surface area contributed by atoms with Crippen molar-refractivity contribution in [1.82, 2.24) is 25.4 Å². The van der Waals surface area contributed by atoms with Gasteiger partial charge in [-0.2, -0.15) is 15.4 Å². The van der Waals surface area contributed by atoms with Gasteiger partial charge in [0.05, 0.1) is 11.4 Å². The average Bonchev–Trinajstić information content (AvgIpc) is 2.94. The minimum absolute atomic E-state index is 0.228. The number of nitrogens with one attached hydrogen (secondary N) is 2. The maximum atomic E-state index is 12.1. The lowest BCUT2D eigenvalue weighted by Gasteiger charge is -2.07. The van der Waals surface area contributed by atoms with Gasteiger partial charge in [-0.1, -0.05) is 30.3 Å². The molecule has 1 aromatic carbocycles. The highest BCUT2D eigenvalue weighted by Crippen LogP contribution is 2.19. The third kappa shape index (κ3) is 2.83. The van der Waals surface area contributed by atoms with Crippen molar-refractivity contribution in [1.29, 1.82) is 0 Å². The number of hydrogen-bond acceptors (Lipinski definition) is 5. The van der Waals surface area contributed by atoms with Crippen molar-refractivity contribution >= 4 is 11.9 Å². The first-order valence-electron chi connectivity index (χ1n) is 6.73. The lowest BCUT2D eigenvalue weighted by Crippen LogP contribution is -2.16. The van der Waals surface area contributed by atoms with Crippen LogP contribution in [0.25, 0.3) is 11.3 Å². The summed E-state index contributed by atoms with van der Waals surface area (Å²) >= 11 is 0. The molecule has 7 nitrogen and oxygen atoms in total. The highest BCUT2D eigenvalue weighted by molar-refractivity contribution is 6.02. The van der Waals surface area contributed by atoms with E-state index in [4.69, 9.17) is 0 Å². The molecule has 0 aliphatic carbocycles. The van der Waals surface area contributed by atoms with Crippen molar-refractivity contribution in [3.63, 3.8) is 0 Å². The lowest BCUT2D eigenvalue weighted by atomic mass is 10.1. The number of amides is 1. The molecule has 0 radical (unpaired) electrons. The molecule has 0 bridgehead atoms. The molecule has 7 heteroatoms. The number of carbonyl (C=O) groups excluding carboxylic acids is 1. The van der Waals surface area contributed by atoms with Crippen LogP contribution < -0.4 is 5.32 Å². The van der Waals surface area contributed by atoms with Gasteiger partial charge in [0.25, 0.3) is 5.91 Å². The number of nitrogens with zero attached hydrogens (tertiary/aromatic N) is 4. The molecule has 0 unspecified atom stereocenters. The third-order valence-corrected chi connectivity index (χ3v) is 3.09. The standard InChI is InChI=1S/C15H14N6O/c1-9-8-12(11-6-4-3-5-7-11)17-15(16-9)18-14(22)13-10(2)19-21-20-13/h3-8H,1-2H3,(H,19,20,21)(H,16,17,18,22). The molecule has 0 saturated heterocycles. The molecule has 1 amide bonds. The summed E-state index contributed by atoms with van der Waals surface area (Å²) in [7, 11) is 0. The second-order valence-electron chi connectivity index (χ2n) is 4.80.